The number of hydrogen-bond donors (Lipinski definition) is 2. The molecule has 390 valence electrons. The quantitative estimate of drug-likeness (QED) is 0.0264. The molecule has 2 unspecified atom stereocenters. The topological polar surface area (TPSA) is 134 Å². The molecule has 0 saturated heterocycles. The van der Waals surface area contributed by atoms with Gasteiger partial charge in [-0.3, -0.25) is 18.6 Å². The molecular weight excluding hydrogens is 858 g/mol. The molecule has 10 heteroatoms. The summed E-state index contributed by atoms with van der Waals surface area (Å²) in [6, 6.07) is 0. The average molecular weight is 962 g/mol. The van der Waals surface area contributed by atoms with Gasteiger partial charge in [-0.15, -0.1) is 0 Å². The van der Waals surface area contributed by atoms with Crippen molar-refractivity contribution in [3.8, 4) is 0 Å². The fraction of sp³-hybridized carbons (Fsp3) is 0.789. The molecule has 0 amide bonds. The van der Waals surface area contributed by atoms with Gasteiger partial charge in [0.25, 0.3) is 0 Å². The molecule has 0 radical (unpaired) electrons. The largest absolute Gasteiger partial charge is 0.472 e. The van der Waals surface area contributed by atoms with Crippen molar-refractivity contribution in [3.63, 3.8) is 0 Å². The van der Waals surface area contributed by atoms with Crippen LogP contribution in [-0.4, -0.2) is 49.3 Å². The smallest absolute Gasteiger partial charge is 0.462 e. The lowest BCUT2D eigenvalue weighted by Gasteiger charge is -2.19. The van der Waals surface area contributed by atoms with Gasteiger partial charge in [0, 0.05) is 19.4 Å². The van der Waals surface area contributed by atoms with Crippen LogP contribution < -0.4 is 5.73 Å². The first-order valence-corrected chi connectivity index (χ1v) is 29.3. The first kappa shape index (κ1) is 64.7. The highest BCUT2D eigenvalue weighted by Crippen LogP contribution is 2.43. The van der Waals surface area contributed by atoms with Crippen LogP contribution >= 0.6 is 7.82 Å². The lowest BCUT2D eigenvalue weighted by Crippen LogP contribution is -2.29. The maximum Gasteiger partial charge on any atom is 0.472 e. The van der Waals surface area contributed by atoms with E-state index in [1.807, 2.05) is 0 Å². The number of hydrogen-bond acceptors (Lipinski definition) is 8. The van der Waals surface area contributed by atoms with Crippen molar-refractivity contribution >= 4 is 19.8 Å². The van der Waals surface area contributed by atoms with Crippen molar-refractivity contribution in [1.82, 2.24) is 0 Å². The molecule has 0 aliphatic carbocycles. The predicted molar refractivity (Wildman–Crippen MR) is 284 cm³/mol. The molecule has 9 nitrogen and oxygen atoms in total. The molecule has 0 heterocycles. The molecule has 0 aromatic heterocycles. The van der Waals surface area contributed by atoms with Crippen LogP contribution in [0.25, 0.3) is 0 Å². The van der Waals surface area contributed by atoms with E-state index in [0.717, 1.165) is 83.5 Å². The monoisotopic (exact) mass is 962 g/mol. The Balaban J connectivity index is 3.97. The summed E-state index contributed by atoms with van der Waals surface area (Å²) in [6.07, 6.45) is 65.6. The van der Waals surface area contributed by atoms with Gasteiger partial charge in [0.1, 0.15) is 6.61 Å². The minimum atomic E-state index is -4.39. The molecule has 3 N–H and O–H groups in total. The molecule has 0 rings (SSSR count). The van der Waals surface area contributed by atoms with Gasteiger partial charge in [0.15, 0.2) is 6.10 Å². The normalized spacial score (nSPS) is 13.6. The van der Waals surface area contributed by atoms with Gasteiger partial charge in [0.05, 0.1) is 13.2 Å². The zero-order valence-electron chi connectivity index (χ0n) is 43.4. The van der Waals surface area contributed by atoms with Gasteiger partial charge in [-0.25, -0.2) is 4.57 Å². The van der Waals surface area contributed by atoms with Crippen molar-refractivity contribution in [2.75, 3.05) is 26.4 Å². The number of esters is 2. The lowest BCUT2D eigenvalue weighted by molar-refractivity contribution is -0.161. The summed E-state index contributed by atoms with van der Waals surface area (Å²) in [7, 11) is -4.39. The highest BCUT2D eigenvalue weighted by Gasteiger charge is 2.26. The third kappa shape index (κ3) is 52.9. The third-order valence-electron chi connectivity index (χ3n) is 11.9. The summed E-state index contributed by atoms with van der Waals surface area (Å²) in [5, 5.41) is 0. The molecule has 0 aromatic carbocycles. The zero-order valence-corrected chi connectivity index (χ0v) is 44.3. The SMILES string of the molecule is CC/C=C\C/C=C\C/C=C\C/C=C\CCCCCCCCC(=O)OC(COC(=O)CCCCCCCCCCCCCCCCC/C=C\CCCCCCCCCC)COP(=O)(O)OCCN. The molecule has 0 saturated carbocycles. The van der Waals surface area contributed by atoms with Crippen molar-refractivity contribution in [1.29, 1.82) is 0 Å². The van der Waals surface area contributed by atoms with E-state index in [0.29, 0.717) is 6.42 Å². The van der Waals surface area contributed by atoms with E-state index in [1.54, 1.807) is 0 Å². The number of unbranched alkanes of at least 4 members (excludes halogenated alkanes) is 29. The van der Waals surface area contributed by atoms with E-state index >= 15 is 0 Å². The van der Waals surface area contributed by atoms with Crippen LogP contribution in [0, 0.1) is 0 Å². The fourth-order valence-electron chi connectivity index (χ4n) is 7.80. The highest BCUT2D eigenvalue weighted by atomic mass is 31.2. The molecule has 0 spiro atoms. The van der Waals surface area contributed by atoms with Gasteiger partial charge in [-0.2, -0.15) is 0 Å². The molecule has 0 fully saturated rings. The van der Waals surface area contributed by atoms with Gasteiger partial charge in [-0.1, -0.05) is 229 Å². The Morgan fingerprint density at radius 1 is 0.463 bits per heavy atom. The van der Waals surface area contributed by atoms with E-state index in [1.165, 1.54) is 141 Å². The molecular formula is C57H104NO8P. The molecule has 67 heavy (non-hydrogen) atoms. The summed E-state index contributed by atoms with van der Waals surface area (Å²) < 4.78 is 33.0. The summed E-state index contributed by atoms with van der Waals surface area (Å²) >= 11 is 0. The second-order valence-corrected chi connectivity index (χ2v) is 19.9. The van der Waals surface area contributed by atoms with Crippen molar-refractivity contribution in [3.05, 3.63) is 60.8 Å². The Kier molecular flexibility index (Phi) is 51.3. The predicted octanol–water partition coefficient (Wildman–Crippen LogP) is 17.2. The summed E-state index contributed by atoms with van der Waals surface area (Å²) in [6.45, 7) is 3.63. The lowest BCUT2D eigenvalue weighted by atomic mass is 10.0. The maximum absolute atomic E-state index is 12.7. The third-order valence-corrected chi connectivity index (χ3v) is 12.9. The van der Waals surface area contributed by atoms with Gasteiger partial charge in [0.2, 0.25) is 0 Å². The highest BCUT2D eigenvalue weighted by molar-refractivity contribution is 7.47. The number of carbonyl (C=O) groups excluding carboxylic acids is 2. The summed E-state index contributed by atoms with van der Waals surface area (Å²) in [5.41, 5.74) is 5.37. The first-order chi connectivity index (χ1) is 32.8. The Morgan fingerprint density at radius 3 is 1.24 bits per heavy atom. The minimum absolute atomic E-state index is 0.0493. The Morgan fingerprint density at radius 2 is 0.821 bits per heavy atom. The molecule has 2 atom stereocenters. The molecule has 0 aliphatic rings. The standard InChI is InChI=1S/C57H104NO8P/c1-3-5-7-9-11-13-15-17-19-21-23-24-25-26-27-28-29-30-32-33-35-37-39-41-43-45-47-49-56(59)63-53-55(54-65-67(61,62)64-52-51-58)66-57(60)50-48-46-44-42-40-38-36-34-31-22-20-18-16-14-12-10-8-6-4-2/h6,8,12,14,18,20-21,23,31,34,55H,3-5,7,9-11,13,15-17,19,22,24-30,32-33,35-54,58H2,1-2H3,(H,61,62)/b8-6-,14-12-,20-18-,23-21-,34-31-. The number of phosphoric ester groups is 1. The minimum Gasteiger partial charge on any atom is -0.462 e. The Bertz CT molecular complexity index is 1280. The summed E-state index contributed by atoms with van der Waals surface area (Å²) in [5.74, 6) is -0.838. The molecule has 0 aromatic rings. The van der Waals surface area contributed by atoms with Crippen LogP contribution in [0.5, 0.6) is 0 Å². The van der Waals surface area contributed by atoms with E-state index in [9.17, 15) is 19.0 Å². The fourth-order valence-corrected chi connectivity index (χ4v) is 8.56. The number of nitrogens with two attached hydrogens (primary N) is 1. The second kappa shape index (κ2) is 53.1. The van der Waals surface area contributed by atoms with Gasteiger partial charge in [-0.05, 0) is 77.0 Å². The van der Waals surface area contributed by atoms with Crippen molar-refractivity contribution in [2.45, 2.75) is 264 Å². The average Bonchev–Trinajstić information content (AvgIpc) is 3.32. The van der Waals surface area contributed by atoms with Crippen molar-refractivity contribution < 1.29 is 37.6 Å². The number of ether oxygens (including phenoxy) is 2. The molecule has 0 aliphatic heterocycles. The number of rotatable bonds is 52. The van der Waals surface area contributed by atoms with Gasteiger partial charge < -0.3 is 20.1 Å². The van der Waals surface area contributed by atoms with Crippen LogP contribution in [0.3, 0.4) is 0 Å². The first-order valence-electron chi connectivity index (χ1n) is 27.8. The second-order valence-electron chi connectivity index (χ2n) is 18.4. The van der Waals surface area contributed by atoms with E-state index in [4.69, 9.17) is 24.3 Å². The summed E-state index contributed by atoms with van der Waals surface area (Å²) in [4.78, 5) is 35.1. The van der Waals surface area contributed by atoms with Gasteiger partial charge >= 0.3 is 19.8 Å². The van der Waals surface area contributed by atoms with E-state index < -0.39 is 26.5 Å². The van der Waals surface area contributed by atoms with Crippen molar-refractivity contribution in [2.24, 2.45) is 5.73 Å². The van der Waals surface area contributed by atoms with Crippen LogP contribution in [-0.2, 0) is 32.7 Å². The van der Waals surface area contributed by atoms with E-state index in [-0.39, 0.29) is 38.6 Å². The van der Waals surface area contributed by atoms with Crippen LogP contribution in [0.1, 0.15) is 258 Å². The maximum atomic E-state index is 12.7. The van der Waals surface area contributed by atoms with Crippen LogP contribution in [0.15, 0.2) is 60.8 Å². The Hall–Kier alpha value is -2.29. The number of phosphoric acid groups is 1. The zero-order chi connectivity index (χ0) is 48.8. The van der Waals surface area contributed by atoms with Crippen LogP contribution in [0.2, 0.25) is 0 Å². The van der Waals surface area contributed by atoms with Crippen LogP contribution in [0.4, 0.5) is 0 Å². The molecule has 0 bridgehead atoms. The number of allylic oxidation sites excluding steroid dienone is 10. The number of carbonyl (C=O) groups is 2. The Labute approximate surface area is 412 Å². The van der Waals surface area contributed by atoms with E-state index in [2.05, 4.69) is 74.6 Å².